The minimum atomic E-state index is -3.57. The van der Waals surface area contributed by atoms with E-state index in [1.807, 2.05) is 27.7 Å². The van der Waals surface area contributed by atoms with Gasteiger partial charge in [0.15, 0.2) is 9.92 Å². The minimum absolute atomic E-state index is 0.00253. The third kappa shape index (κ3) is 4.88. The highest BCUT2D eigenvalue weighted by Gasteiger charge is 2.27. The van der Waals surface area contributed by atoms with Gasteiger partial charge in [0, 0.05) is 12.0 Å². The molecule has 32 heavy (non-hydrogen) atoms. The fourth-order valence-corrected chi connectivity index (χ4v) is 4.55. The molecule has 2 aromatic heterocycles. The first-order chi connectivity index (χ1) is 15.1. The monoisotopic (exact) mass is 464 g/mol. The molecule has 2 amide bonds. The summed E-state index contributed by atoms with van der Waals surface area (Å²) in [7, 11) is -2.02. The highest BCUT2D eigenvalue weighted by atomic mass is 32.2. The van der Waals surface area contributed by atoms with Gasteiger partial charge in [-0.1, -0.05) is 34.6 Å². The van der Waals surface area contributed by atoms with Crippen LogP contribution in [0.25, 0.3) is 0 Å². The third-order valence-corrected chi connectivity index (χ3v) is 6.77. The van der Waals surface area contributed by atoms with Gasteiger partial charge in [-0.25, -0.2) is 23.8 Å². The largest absolute Gasteiger partial charge is 0.481 e. The number of amides is 2. The molecule has 1 aliphatic rings. The number of aromatic nitrogens is 3. The first-order valence-corrected chi connectivity index (χ1v) is 12.3. The second kappa shape index (κ2) is 9.45. The summed E-state index contributed by atoms with van der Waals surface area (Å²) in [6.07, 6.45) is 2.30. The molecule has 0 fully saturated rings. The average Bonchev–Trinajstić information content (AvgIpc) is 3.17. The van der Waals surface area contributed by atoms with Crippen LogP contribution in [-0.2, 0) is 16.5 Å². The number of urea groups is 1. The Bertz CT molecular complexity index is 1090. The van der Waals surface area contributed by atoms with Crippen LogP contribution in [-0.4, -0.2) is 38.7 Å². The van der Waals surface area contributed by atoms with Gasteiger partial charge in [0.05, 0.1) is 37.8 Å². The molecule has 3 N–H and O–H groups in total. The fraction of sp³-hybridized carbons (Fsp3) is 0.571. The number of carbonyl (C=O) groups is 1. The summed E-state index contributed by atoms with van der Waals surface area (Å²) in [6, 6.07) is 0.952. The normalized spacial score (nSPS) is 17.5. The molecular formula is C21H32N6O4S. The summed E-state index contributed by atoms with van der Waals surface area (Å²) < 4.78 is 29.7. The number of nitrogens with two attached hydrogens (primary N) is 1. The summed E-state index contributed by atoms with van der Waals surface area (Å²) in [5, 5.41) is 13.0. The van der Waals surface area contributed by atoms with Gasteiger partial charge in [0.2, 0.25) is 11.8 Å². The zero-order valence-corrected chi connectivity index (χ0v) is 20.2. The Morgan fingerprint density at radius 1 is 1.41 bits per heavy atom. The first kappa shape index (κ1) is 24.0. The number of fused-ring (bicyclic) bond motifs is 1. The van der Waals surface area contributed by atoms with Crippen LogP contribution in [0.15, 0.2) is 21.5 Å². The fourth-order valence-electron chi connectivity index (χ4n) is 3.55. The average molecular weight is 465 g/mol. The van der Waals surface area contributed by atoms with E-state index in [0.29, 0.717) is 42.2 Å². The van der Waals surface area contributed by atoms with Crippen LogP contribution >= 0.6 is 0 Å². The van der Waals surface area contributed by atoms with Crippen molar-refractivity contribution in [1.29, 1.82) is 0 Å². The first-order valence-electron chi connectivity index (χ1n) is 10.7. The van der Waals surface area contributed by atoms with Crippen LogP contribution in [0, 0.1) is 5.92 Å². The zero-order valence-electron chi connectivity index (χ0n) is 19.4. The van der Waals surface area contributed by atoms with E-state index in [1.54, 1.807) is 17.9 Å². The van der Waals surface area contributed by atoms with Gasteiger partial charge < -0.3 is 14.8 Å². The van der Waals surface area contributed by atoms with Gasteiger partial charge in [-0.15, -0.1) is 4.36 Å². The highest BCUT2D eigenvalue weighted by molar-refractivity contribution is 7.91. The summed E-state index contributed by atoms with van der Waals surface area (Å²) in [5.41, 5.74) is 2.01. The Morgan fingerprint density at radius 3 is 2.72 bits per heavy atom. The molecule has 0 spiro atoms. The molecule has 0 saturated heterocycles. The maximum atomic E-state index is 13.2. The molecule has 176 valence electrons. The molecule has 0 radical (unpaired) electrons. The van der Waals surface area contributed by atoms with E-state index in [0.717, 1.165) is 12.0 Å². The molecule has 10 nitrogen and oxygen atoms in total. The van der Waals surface area contributed by atoms with Crippen molar-refractivity contribution in [2.45, 2.75) is 64.3 Å². The van der Waals surface area contributed by atoms with Crippen LogP contribution in [0.5, 0.6) is 11.8 Å². The van der Waals surface area contributed by atoms with E-state index in [1.165, 1.54) is 6.20 Å². The molecule has 1 unspecified atom stereocenters. The summed E-state index contributed by atoms with van der Waals surface area (Å²) in [5.74, 6) is 1.16. The lowest BCUT2D eigenvalue weighted by molar-refractivity contribution is 0.157. The number of nitrogens with zero attached hydrogens (tertiary/aromatic N) is 4. The summed E-state index contributed by atoms with van der Waals surface area (Å²) >= 11 is 0. The van der Waals surface area contributed by atoms with Gasteiger partial charge in [0.1, 0.15) is 4.90 Å². The molecule has 3 heterocycles. The number of ether oxygens (including phenoxy) is 2. The molecule has 2 atom stereocenters. The maximum absolute atomic E-state index is 13.2. The van der Waals surface area contributed by atoms with Crippen molar-refractivity contribution in [1.82, 2.24) is 14.8 Å². The van der Waals surface area contributed by atoms with Crippen LogP contribution in [0.1, 0.15) is 64.1 Å². The Kier molecular flexibility index (Phi) is 7.09. The minimum Gasteiger partial charge on any atom is -0.481 e. The molecule has 0 saturated carbocycles. The van der Waals surface area contributed by atoms with E-state index >= 15 is 0 Å². The van der Waals surface area contributed by atoms with Gasteiger partial charge in [0.25, 0.3) is 0 Å². The van der Waals surface area contributed by atoms with Crippen LogP contribution in [0.4, 0.5) is 10.5 Å². The number of hydrogen-bond acceptors (Lipinski definition) is 6. The lowest BCUT2D eigenvalue weighted by atomic mass is 9.97. The number of methoxy groups -OCH3 is 1. The van der Waals surface area contributed by atoms with Crippen molar-refractivity contribution in [2.75, 3.05) is 19.0 Å². The summed E-state index contributed by atoms with van der Waals surface area (Å²) in [6.45, 7) is 11.1. The van der Waals surface area contributed by atoms with Crippen molar-refractivity contribution in [3.63, 3.8) is 0 Å². The van der Waals surface area contributed by atoms with E-state index in [2.05, 4.69) is 26.7 Å². The Hall–Kier alpha value is -2.66. The van der Waals surface area contributed by atoms with E-state index in [4.69, 9.17) is 14.6 Å². The van der Waals surface area contributed by atoms with Crippen molar-refractivity contribution in [3.8, 4) is 11.8 Å². The standard InChI is InChI=1S/C21H32N6O4S/c1-7-14-10-27-20(31-11-14)16(9-23-27)32(22,29)26-21(28)25-19-15(12(2)3)8-17(30-6)24-18(19)13(4)5/h8-9,12-14H,7,10-11H2,1-6H3,(H3,22,25,26,28,29)/t14-,32?/m0/s1. The smallest absolute Gasteiger partial charge is 0.354 e. The topological polar surface area (TPSA) is 134 Å². The molecule has 0 bridgehead atoms. The van der Waals surface area contributed by atoms with Gasteiger partial charge in [-0.2, -0.15) is 5.10 Å². The van der Waals surface area contributed by atoms with Gasteiger partial charge in [-0.05, 0) is 23.8 Å². The van der Waals surface area contributed by atoms with Crippen LogP contribution in [0.3, 0.4) is 0 Å². The van der Waals surface area contributed by atoms with Crippen LogP contribution < -0.4 is 19.9 Å². The van der Waals surface area contributed by atoms with Crippen LogP contribution in [0.2, 0.25) is 0 Å². The quantitative estimate of drug-likeness (QED) is 0.666. The number of rotatable bonds is 6. The molecule has 11 heteroatoms. The predicted octanol–water partition coefficient (Wildman–Crippen LogP) is 3.88. The number of carbonyl (C=O) groups excluding carboxylic acids is 1. The molecule has 0 aliphatic carbocycles. The SMILES string of the molecule is CC[C@@H]1COc2c(S(N)(=O)=NC(=O)Nc3c(C(C)C)cc(OC)nc3C(C)C)cnn2C1. The number of nitrogens with one attached hydrogen (secondary N) is 1. The molecular weight excluding hydrogens is 432 g/mol. The second-order valence-corrected chi connectivity index (χ2v) is 10.3. The lowest BCUT2D eigenvalue weighted by Crippen LogP contribution is -2.26. The van der Waals surface area contributed by atoms with Crippen molar-refractivity contribution < 1.29 is 18.5 Å². The van der Waals surface area contributed by atoms with Crippen molar-refractivity contribution in [2.24, 2.45) is 15.4 Å². The third-order valence-electron chi connectivity index (χ3n) is 5.42. The second-order valence-electron chi connectivity index (χ2n) is 8.49. The number of anilines is 1. The molecule has 1 aliphatic heterocycles. The van der Waals surface area contributed by atoms with Gasteiger partial charge >= 0.3 is 6.03 Å². The van der Waals surface area contributed by atoms with E-state index in [9.17, 15) is 9.00 Å². The van der Waals surface area contributed by atoms with E-state index in [-0.39, 0.29) is 16.7 Å². The maximum Gasteiger partial charge on any atom is 0.354 e. The summed E-state index contributed by atoms with van der Waals surface area (Å²) in [4.78, 5) is 17.4. The molecule has 3 rings (SSSR count). The highest BCUT2D eigenvalue weighted by Crippen LogP contribution is 2.34. The zero-order chi connectivity index (χ0) is 23.6. The van der Waals surface area contributed by atoms with Crippen molar-refractivity contribution >= 4 is 21.6 Å². The predicted molar refractivity (Wildman–Crippen MR) is 123 cm³/mol. The molecule has 0 aromatic carbocycles. The van der Waals surface area contributed by atoms with Crippen molar-refractivity contribution in [3.05, 3.63) is 23.5 Å². The van der Waals surface area contributed by atoms with Gasteiger partial charge in [-0.3, -0.25) is 0 Å². The number of hydrogen-bond donors (Lipinski definition) is 2. The Morgan fingerprint density at radius 2 is 2.12 bits per heavy atom. The number of pyridine rings is 1. The Balaban J connectivity index is 1.96. The molecule has 2 aromatic rings. The lowest BCUT2D eigenvalue weighted by Gasteiger charge is -2.23. The van der Waals surface area contributed by atoms with E-state index < -0.39 is 15.9 Å². The Labute approximate surface area is 189 Å².